The van der Waals surface area contributed by atoms with Gasteiger partial charge in [0.2, 0.25) is 0 Å². The van der Waals surface area contributed by atoms with Gasteiger partial charge >= 0.3 is 0 Å². The van der Waals surface area contributed by atoms with Crippen LogP contribution in [0.2, 0.25) is 0 Å². The zero-order valence-corrected chi connectivity index (χ0v) is 15.1. The highest BCUT2D eigenvalue weighted by Gasteiger charge is 2.13. The predicted molar refractivity (Wildman–Crippen MR) is 93.7 cm³/mol. The third kappa shape index (κ3) is 5.05. The number of aryl methyl sites for hydroxylation is 1. The number of carbonyl (C=O) groups excluding carboxylic acids is 2. The number of carbonyl (C=O) groups is 2. The number of hydrogen-bond donors (Lipinski definition) is 2. The van der Waals surface area contributed by atoms with E-state index in [-0.39, 0.29) is 12.3 Å². The van der Waals surface area contributed by atoms with Crippen LogP contribution in [0.4, 0.5) is 0 Å². The molecule has 0 saturated heterocycles. The van der Waals surface area contributed by atoms with Gasteiger partial charge in [-0.05, 0) is 39.7 Å². The van der Waals surface area contributed by atoms with E-state index in [0.29, 0.717) is 21.5 Å². The molecule has 0 bridgehead atoms. The zero-order valence-electron chi connectivity index (χ0n) is 13.5. The lowest BCUT2D eigenvalue weighted by atomic mass is 10.2. The molecule has 0 aliphatic rings. The maximum atomic E-state index is 12.0. The highest BCUT2D eigenvalue weighted by Crippen LogP contribution is 2.27. The maximum Gasteiger partial charge on any atom is 0.293 e. The minimum Gasteiger partial charge on any atom is -0.493 e. The minimum atomic E-state index is -0.587. The Morgan fingerprint density at radius 3 is 2.80 bits per heavy atom. The number of rotatable bonds is 7. The van der Waals surface area contributed by atoms with Crippen LogP contribution >= 0.6 is 15.9 Å². The molecule has 2 amide bonds. The summed E-state index contributed by atoms with van der Waals surface area (Å²) in [5.41, 5.74) is 8.31. The van der Waals surface area contributed by atoms with Crippen LogP contribution in [0.15, 0.2) is 34.0 Å². The van der Waals surface area contributed by atoms with Crippen molar-refractivity contribution in [1.29, 1.82) is 0 Å². The molecule has 9 nitrogen and oxygen atoms in total. The van der Waals surface area contributed by atoms with Crippen LogP contribution in [0, 0.1) is 0 Å². The SMILES string of the molecule is COc1cc(/C=N\NC(=O)c2nn(C)cc2Br)ccc1OCC(N)=O. The van der Waals surface area contributed by atoms with Crippen molar-refractivity contribution in [3.63, 3.8) is 0 Å². The third-order valence-electron chi connectivity index (χ3n) is 2.94. The van der Waals surface area contributed by atoms with Gasteiger partial charge in [0.05, 0.1) is 17.8 Å². The summed E-state index contributed by atoms with van der Waals surface area (Å²) in [7, 11) is 3.17. The van der Waals surface area contributed by atoms with E-state index in [1.807, 2.05) is 0 Å². The minimum absolute atomic E-state index is 0.229. The van der Waals surface area contributed by atoms with Crippen molar-refractivity contribution in [1.82, 2.24) is 15.2 Å². The van der Waals surface area contributed by atoms with Crippen LogP contribution in [0.1, 0.15) is 16.1 Å². The van der Waals surface area contributed by atoms with Crippen molar-refractivity contribution < 1.29 is 19.1 Å². The Hall–Kier alpha value is -2.88. The lowest BCUT2D eigenvalue weighted by Gasteiger charge is -2.09. The number of hydrogen-bond acceptors (Lipinski definition) is 6. The second-order valence-corrected chi connectivity index (χ2v) is 5.72. The van der Waals surface area contributed by atoms with Gasteiger partial charge in [-0.3, -0.25) is 14.3 Å². The standard InChI is InChI=1S/C15H16BrN5O4/c1-21-7-10(16)14(20-21)15(23)19-18-6-9-3-4-11(12(5-9)24-2)25-8-13(17)22/h3-7H,8H2,1-2H3,(H2,17,22)(H,19,23)/b18-6-. The topological polar surface area (TPSA) is 121 Å². The number of primary amides is 1. The number of ether oxygens (including phenoxy) is 2. The van der Waals surface area contributed by atoms with Gasteiger partial charge in [0, 0.05) is 13.2 Å². The van der Waals surface area contributed by atoms with Gasteiger partial charge in [0.15, 0.2) is 23.8 Å². The fourth-order valence-corrected chi connectivity index (χ4v) is 2.42. The summed E-state index contributed by atoms with van der Waals surface area (Å²) in [4.78, 5) is 22.7. The molecule has 0 aliphatic carbocycles. The molecular formula is C15H16BrN5O4. The Morgan fingerprint density at radius 2 is 2.20 bits per heavy atom. The second-order valence-electron chi connectivity index (χ2n) is 4.86. The van der Waals surface area contributed by atoms with E-state index in [1.54, 1.807) is 31.4 Å². The molecule has 0 saturated carbocycles. The smallest absolute Gasteiger partial charge is 0.293 e. The highest BCUT2D eigenvalue weighted by molar-refractivity contribution is 9.10. The highest BCUT2D eigenvalue weighted by atomic mass is 79.9. The monoisotopic (exact) mass is 409 g/mol. The van der Waals surface area contributed by atoms with Crippen molar-refractivity contribution in [2.75, 3.05) is 13.7 Å². The molecule has 132 valence electrons. The van der Waals surface area contributed by atoms with Crippen molar-refractivity contribution in [3.05, 3.63) is 40.1 Å². The summed E-state index contributed by atoms with van der Waals surface area (Å²) in [6, 6.07) is 4.94. The fourth-order valence-electron chi connectivity index (χ4n) is 1.86. The van der Waals surface area contributed by atoms with Gasteiger partial charge < -0.3 is 15.2 Å². The van der Waals surface area contributed by atoms with E-state index in [1.165, 1.54) is 18.0 Å². The summed E-state index contributed by atoms with van der Waals surface area (Å²) in [5.74, 6) is -0.253. The Morgan fingerprint density at radius 1 is 1.44 bits per heavy atom. The molecule has 2 aromatic rings. The van der Waals surface area contributed by atoms with Crippen molar-refractivity contribution in [2.45, 2.75) is 0 Å². The van der Waals surface area contributed by atoms with Crippen LogP contribution in [-0.2, 0) is 11.8 Å². The Labute approximate surface area is 151 Å². The molecule has 1 aromatic heterocycles. The van der Waals surface area contributed by atoms with E-state index in [4.69, 9.17) is 15.2 Å². The number of hydrazone groups is 1. The third-order valence-corrected chi connectivity index (χ3v) is 3.52. The maximum absolute atomic E-state index is 12.0. The van der Waals surface area contributed by atoms with Gasteiger partial charge in [-0.2, -0.15) is 10.2 Å². The van der Waals surface area contributed by atoms with Crippen molar-refractivity contribution in [2.24, 2.45) is 17.9 Å². The van der Waals surface area contributed by atoms with Crippen molar-refractivity contribution in [3.8, 4) is 11.5 Å². The van der Waals surface area contributed by atoms with Crippen LogP contribution in [0.25, 0.3) is 0 Å². The summed E-state index contributed by atoms with van der Waals surface area (Å²) >= 11 is 3.25. The number of amides is 2. The van der Waals surface area contributed by atoms with E-state index in [0.717, 1.165) is 0 Å². The van der Waals surface area contributed by atoms with Crippen LogP contribution in [0.3, 0.4) is 0 Å². The van der Waals surface area contributed by atoms with Gasteiger partial charge in [0.25, 0.3) is 11.8 Å². The first-order valence-corrected chi connectivity index (χ1v) is 7.81. The first kappa shape index (κ1) is 18.5. The lowest BCUT2D eigenvalue weighted by Crippen LogP contribution is -2.20. The fraction of sp³-hybridized carbons (Fsp3) is 0.200. The molecule has 0 atom stereocenters. The lowest BCUT2D eigenvalue weighted by molar-refractivity contribution is -0.119. The van der Waals surface area contributed by atoms with Crippen LogP contribution in [0.5, 0.6) is 11.5 Å². The molecule has 1 heterocycles. The van der Waals surface area contributed by atoms with Gasteiger partial charge in [0.1, 0.15) is 0 Å². The zero-order chi connectivity index (χ0) is 18.4. The average Bonchev–Trinajstić information content (AvgIpc) is 2.91. The number of benzene rings is 1. The largest absolute Gasteiger partial charge is 0.493 e. The normalized spacial score (nSPS) is 10.7. The Bertz CT molecular complexity index is 818. The number of nitrogens with one attached hydrogen (secondary N) is 1. The molecule has 2 rings (SSSR count). The molecule has 0 fully saturated rings. The van der Waals surface area contributed by atoms with Gasteiger partial charge in [-0.25, -0.2) is 5.43 Å². The second kappa shape index (κ2) is 8.29. The number of halogens is 1. The number of aromatic nitrogens is 2. The van der Waals surface area contributed by atoms with Crippen LogP contribution < -0.4 is 20.6 Å². The first-order chi connectivity index (χ1) is 11.9. The molecule has 1 aromatic carbocycles. The predicted octanol–water partition coefficient (Wildman–Crippen LogP) is 0.819. The molecule has 0 unspecified atom stereocenters. The molecular weight excluding hydrogens is 394 g/mol. The summed E-state index contributed by atoms with van der Waals surface area (Å²) in [5, 5.41) is 7.90. The van der Waals surface area contributed by atoms with Crippen molar-refractivity contribution >= 4 is 34.0 Å². The van der Waals surface area contributed by atoms with Crippen LogP contribution in [-0.4, -0.2) is 41.5 Å². The van der Waals surface area contributed by atoms with E-state index in [2.05, 4.69) is 31.6 Å². The number of methoxy groups -OCH3 is 1. The Balaban J connectivity index is 2.04. The van der Waals surface area contributed by atoms with Gasteiger partial charge in [-0.1, -0.05) is 0 Å². The quantitative estimate of drug-likeness (QED) is 0.517. The molecule has 0 radical (unpaired) electrons. The average molecular weight is 410 g/mol. The molecule has 0 spiro atoms. The molecule has 25 heavy (non-hydrogen) atoms. The summed E-state index contributed by atoms with van der Waals surface area (Å²) in [6.45, 7) is -0.251. The number of nitrogens with zero attached hydrogens (tertiary/aromatic N) is 3. The molecule has 3 N–H and O–H groups in total. The van der Waals surface area contributed by atoms with E-state index in [9.17, 15) is 9.59 Å². The molecule has 10 heteroatoms. The van der Waals surface area contributed by atoms with Gasteiger partial charge in [-0.15, -0.1) is 0 Å². The number of nitrogens with two attached hydrogens (primary N) is 1. The summed E-state index contributed by atoms with van der Waals surface area (Å²) in [6.07, 6.45) is 3.10. The van der Waals surface area contributed by atoms with E-state index >= 15 is 0 Å². The molecule has 0 aliphatic heterocycles. The first-order valence-electron chi connectivity index (χ1n) is 7.02. The van der Waals surface area contributed by atoms with E-state index < -0.39 is 11.8 Å². The Kier molecular flexibility index (Phi) is 6.12. The summed E-state index contributed by atoms with van der Waals surface area (Å²) < 4.78 is 12.5.